The Bertz CT molecular complexity index is 1350. The Balaban J connectivity index is 4.56. The first-order valence-corrected chi connectivity index (χ1v) is 27.7. The van der Waals surface area contributed by atoms with Crippen LogP contribution in [0.2, 0.25) is 0 Å². The van der Waals surface area contributed by atoms with Gasteiger partial charge in [0.25, 0.3) is 0 Å². The SMILES string of the molecule is CCCCCC=CCC=CCC=CCC=CCCCC(=O)OCC(COC(=O)CCCCCCCCCCCCCCCCC)OC(=O)CCCC=CCC=CCC=CCC=CCCCCC. The van der Waals surface area contributed by atoms with Crippen molar-refractivity contribution in [1.29, 1.82) is 0 Å². The highest BCUT2D eigenvalue weighted by molar-refractivity contribution is 5.71. The van der Waals surface area contributed by atoms with Gasteiger partial charge >= 0.3 is 17.9 Å². The summed E-state index contributed by atoms with van der Waals surface area (Å²) in [4.78, 5) is 38.1. The molecule has 0 saturated carbocycles. The largest absolute Gasteiger partial charge is 0.462 e. The van der Waals surface area contributed by atoms with E-state index in [4.69, 9.17) is 14.2 Å². The summed E-state index contributed by atoms with van der Waals surface area (Å²) < 4.78 is 16.7. The minimum Gasteiger partial charge on any atom is -0.462 e. The van der Waals surface area contributed by atoms with Crippen LogP contribution in [-0.4, -0.2) is 37.2 Å². The zero-order chi connectivity index (χ0) is 48.6. The topological polar surface area (TPSA) is 78.9 Å². The van der Waals surface area contributed by atoms with Crippen molar-refractivity contribution in [3.63, 3.8) is 0 Å². The number of allylic oxidation sites excluding steroid dienone is 16. The van der Waals surface area contributed by atoms with Gasteiger partial charge in [-0.3, -0.25) is 14.4 Å². The van der Waals surface area contributed by atoms with Crippen molar-refractivity contribution in [2.24, 2.45) is 0 Å². The van der Waals surface area contributed by atoms with E-state index in [1.807, 2.05) is 0 Å². The molecule has 67 heavy (non-hydrogen) atoms. The van der Waals surface area contributed by atoms with E-state index in [2.05, 4.69) is 118 Å². The number of carbonyl (C=O) groups is 3. The zero-order valence-electron chi connectivity index (χ0n) is 43.6. The maximum atomic E-state index is 12.8. The van der Waals surface area contributed by atoms with Crippen molar-refractivity contribution in [2.75, 3.05) is 13.2 Å². The molecule has 6 heteroatoms. The molecule has 0 aromatic rings. The smallest absolute Gasteiger partial charge is 0.306 e. The maximum absolute atomic E-state index is 12.8. The van der Waals surface area contributed by atoms with Crippen LogP contribution in [0.5, 0.6) is 0 Å². The second-order valence-electron chi connectivity index (χ2n) is 18.1. The maximum Gasteiger partial charge on any atom is 0.306 e. The summed E-state index contributed by atoms with van der Waals surface area (Å²) in [5.41, 5.74) is 0. The fraction of sp³-hybridized carbons (Fsp3) is 0.689. The number of unbranched alkanes of at least 4 members (excludes halogenated alkanes) is 22. The van der Waals surface area contributed by atoms with Crippen molar-refractivity contribution in [2.45, 2.75) is 258 Å². The van der Waals surface area contributed by atoms with Crippen molar-refractivity contribution in [1.82, 2.24) is 0 Å². The Morgan fingerprint density at radius 2 is 0.552 bits per heavy atom. The highest BCUT2D eigenvalue weighted by Crippen LogP contribution is 2.15. The van der Waals surface area contributed by atoms with E-state index in [9.17, 15) is 14.4 Å². The molecule has 0 fully saturated rings. The molecule has 0 aromatic heterocycles. The van der Waals surface area contributed by atoms with Crippen molar-refractivity contribution < 1.29 is 28.6 Å². The Morgan fingerprint density at radius 3 is 0.896 bits per heavy atom. The van der Waals surface area contributed by atoms with Crippen molar-refractivity contribution >= 4 is 17.9 Å². The molecule has 0 N–H and O–H groups in total. The predicted octanol–water partition coefficient (Wildman–Crippen LogP) is 18.5. The highest BCUT2D eigenvalue weighted by atomic mass is 16.6. The fourth-order valence-electron chi connectivity index (χ4n) is 7.37. The molecule has 1 unspecified atom stereocenters. The number of esters is 3. The van der Waals surface area contributed by atoms with Gasteiger partial charge in [0.1, 0.15) is 13.2 Å². The molecule has 382 valence electrons. The molecule has 6 nitrogen and oxygen atoms in total. The first-order chi connectivity index (χ1) is 33.0. The van der Waals surface area contributed by atoms with Gasteiger partial charge in [-0.05, 0) is 96.3 Å². The van der Waals surface area contributed by atoms with E-state index in [1.165, 1.54) is 128 Å². The van der Waals surface area contributed by atoms with Gasteiger partial charge in [-0.25, -0.2) is 0 Å². The van der Waals surface area contributed by atoms with Gasteiger partial charge in [0.15, 0.2) is 6.10 Å². The number of rotatable bonds is 49. The fourth-order valence-corrected chi connectivity index (χ4v) is 7.37. The van der Waals surface area contributed by atoms with Crippen LogP contribution < -0.4 is 0 Å². The Morgan fingerprint density at radius 1 is 0.299 bits per heavy atom. The lowest BCUT2D eigenvalue weighted by Crippen LogP contribution is -2.30. The molecule has 0 aliphatic heterocycles. The lowest BCUT2D eigenvalue weighted by molar-refractivity contribution is -0.167. The van der Waals surface area contributed by atoms with E-state index < -0.39 is 6.10 Å². The molecule has 0 aliphatic carbocycles. The van der Waals surface area contributed by atoms with Gasteiger partial charge in [-0.2, -0.15) is 0 Å². The van der Waals surface area contributed by atoms with Crippen LogP contribution in [0.25, 0.3) is 0 Å². The van der Waals surface area contributed by atoms with Crippen molar-refractivity contribution in [3.05, 3.63) is 97.2 Å². The normalized spacial score (nSPS) is 12.8. The molecule has 0 aromatic carbocycles. The summed E-state index contributed by atoms with van der Waals surface area (Å²) in [6.07, 6.45) is 72.6. The standard InChI is InChI=1S/C61H102O6/c1-4-7-10-13-16-19-22-25-28-30-33-36-39-42-45-48-51-54-60(63)66-57-58(56-65-59(62)53-50-47-44-41-38-35-32-27-24-21-18-15-12-9-6-3)67-61(64)55-52-49-46-43-40-37-34-31-29-26-23-20-17-14-11-8-5-2/h16-17,19-20,25-26,28-29,33-34,36-37,42-43,45-46,58H,4-15,18,21-24,27,30-32,35,38-41,44,47-57H2,1-3H3. The first kappa shape index (κ1) is 63.3. The molecular weight excluding hydrogens is 829 g/mol. The summed E-state index contributed by atoms with van der Waals surface area (Å²) in [6, 6.07) is 0. The second kappa shape index (κ2) is 54.9. The highest BCUT2D eigenvalue weighted by Gasteiger charge is 2.19. The molecule has 0 aliphatic rings. The molecule has 0 rings (SSSR count). The van der Waals surface area contributed by atoms with Gasteiger partial charge in [0.2, 0.25) is 0 Å². The molecular formula is C61H102O6. The van der Waals surface area contributed by atoms with E-state index in [0.29, 0.717) is 19.3 Å². The average Bonchev–Trinajstić information content (AvgIpc) is 3.33. The van der Waals surface area contributed by atoms with Crippen LogP contribution in [0, 0.1) is 0 Å². The van der Waals surface area contributed by atoms with Gasteiger partial charge in [0, 0.05) is 19.3 Å². The van der Waals surface area contributed by atoms with E-state index >= 15 is 0 Å². The monoisotopic (exact) mass is 931 g/mol. The van der Waals surface area contributed by atoms with Crippen LogP contribution in [0.3, 0.4) is 0 Å². The summed E-state index contributed by atoms with van der Waals surface area (Å²) in [5.74, 6) is -1.03. The summed E-state index contributed by atoms with van der Waals surface area (Å²) >= 11 is 0. The quantitative estimate of drug-likeness (QED) is 0.0262. The first-order valence-electron chi connectivity index (χ1n) is 27.7. The molecule has 0 radical (unpaired) electrons. The third-order valence-corrected chi connectivity index (χ3v) is 11.6. The molecule has 0 spiro atoms. The van der Waals surface area contributed by atoms with Gasteiger partial charge in [-0.15, -0.1) is 0 Å². The van der Waals surface area contributed by atoms with E-state index in [1.54, 1.807) is 0 Å². The third kappa shape index (κ3) is 53.2. The lowest BCUT2D eigenvalue weighted by atomic mass is 10.0. The second-order valence-corrected chi connectivity index (χ2v) is 18.1. The van der Waals surface area contributed by atoms with Gasteiger partial charge in [0.05, 0.1) is 0 Å². The molecule has 0 heterocycles. The Kier molecular flexibility index (Phi) is 51.9. The number of hydrogen-bond acceptors (Lipinski definition) is 6. The van der Waals surface area contributed by atoms with Gasteiger partial charge < -0.3 is 14.2 Å². The van der Waals surface area contributed by atoms with E-state index in [-0.39, 0.29) is 44.0 Å². The molecule has 0 saturated heterocycles. The molecule has 1 atom stereocenters. The van der Waals surface area contributed by atoms with Crippen LogP contribution in [-0.2, 0) is 28.6 Å². The van der Waals surface area contributed by atoms with Crippen LogP contribution in [0.1, 0.15) is 252 Å². The Hall–Kier alpha value is -3.67. The van der Waals surface area contributed by atoms with Crippen LogP contribution in [0.4, 0.5) is 0 Å². The molecule has 0 amide bonds. The van der Waals surface area contributed by atoms with Gasteiger partial charge in [-0.1, -0.05) is 234 Å². The summed E-state index contributed by atoms with van der Waals surface area (Å²) in [6.45, 7) is 6.49. The number of ether oxygens (including phenoxy) is 3. The number of carbonyl (C=O) groups excluding carboxylic acids is 3. The van der Waals surface area contributed by atoms with Crippen molar-refractivity contribution in [3.8, 4) is 0 Å². The third-order valence-electron chi connectivity index (χ3n) is 11.6. The average molecular weight is 931 g/mol. The summed E-state index contributed by atoms with van der Waals surface area (Å²) in [7, 11) is 0. The van der Waals surface area contributed by atoms with Crippen LogP contribution in [0.15, 0.2) is 97.2 Å². The minimum absolute atomic E-state index is 0.115. The van der Waals surface area contributed by atoms with E-state index in [0.717, 1.165) is 70.6 Å². The minimum atomic E-state index is -0.827. The molecule has 0 bridgehead atoms. The lowest BCUT2D eigenvalue weighted by Gasteiger charge is -2.18. The predicted molar refractivity (Wildman–Crippen MR) is 288 cm³/mol. The number of hydrogen-bond donors (Lipinski definition) is 0. The van der Waals surface area contributed by atoms with Crippen LogP contribution >= 0.6 is 0 Å². The Labute approximate surface area is 413 Å². The summed E-state index contributed by atoms with van der Waals surface area (Å²) in [5, 5.41) is 0. The zero-order valence-corrected chi connectivity index (χ0v) is 43.6.